The minimum Gasteiger partial charge on any atom is -0.380 e. The lowest BCUT2D eigenvalue weighted by Crippen LogP contribution is -2.42. The number of benzene rings is 1. The molecule has 0 atom stereocenters. The van der Waals surface area contributed by atoms with Crippen LogP contribution in [-0.4, -0.2) is 47.3 Å². The first kappa shape index (κ1) is 29.9. The number of carbonyl (C=O) groups is 1. The van der Waals surface area contributed by atoms with E-state index in [1.807, 2.05) is 6.20 Å². The fourth-order valence-electron chi connectivity index (χ4n) is 4.32. The summed E-state index contributed by atoms with van der Waals surface area (Å²) >= 11 is 1.72. The Bertz CT molecular complexity index is 1160. The first-order valence-electron chi connectivity index (χ1n) is 12.9. The number of thiazole rings is 1. The van der Waals surface area contributed by atoms with Crippen molar-refractivity contribution in [2.45, 2.75) is 84.2 Å². The molecule has 1 saturated heterocycles. The molecule has 208 valence electrons. The molecule has 0 spiro atoms. The third-order valence-electron chi connectivity index (χ3n) is 6.87. The Morgan fingerprint density at radius 3 is 2.13 bits per heavy atom. The highest BCUT2D eigenvalue weighted by atomic mass is 32.1. The Morgan fingerprint density at radius 1 is 1.08 bits per heavy atom. The van der Waals surface area contributed by atoms with E-state index >= 15 is 0 Å². The normalized spacial score (nSPS) is 16.1. The molecule has 1 amide bonds. The Balaban J connectivity index is 1.64. The molecule has 9 heteroatoms. The van der Waals surface area contributed by atoms with Gasteiger partial charge in [-0.15, -0.1) is 11.3 Å². The predicted molar refractivity (Wildman–Crippen MR) is 149 cm³/mol. The number of piperidine rings is 1. The van der Waals surface area contributed by atoms with Crippen molar-refractivity contribution in [1.29, 1.82) is 5.41 Å². The summed E-state index contributed by atoms with van der Waals surface area (Å²) in [5, 5.41) is 10.8. The molecule has 0 radical (unpaired) electrons. The summed E-state index contributed by atoms with van der Waals surface area (Å²) in [6.07, 6.45) is -0.404. The standard InChI is InChI=1S/C29H39F3N4OS/c1-18(12-24(33)29(30,31)32)34-17-25(37)36-10-8-19(9-11-36)23-16-35-26(38-23)20-13-21(27(2,3)4)15-22(14-20)28(5,6)7/h12-16,19,33-34H,8-11,17H2,1-7H3/b18-12-,33-24?. The summed E-state index contributed by atoms with van der Waals surface area (Å²) in [6.45, 7) is 15.8. The molecule has 5 nitrogen and oxygen atoms in total. The maximum atomic E-state index is 12.6. The number of nitrogens with one attached hydrogen (secondary N) is 2. The van der Waals surface area contributed by atoms with Crippen molar-refractivity contribution in [3.63, 3.8) is 0 Å². The highest BCUT2D eigenvalue weighted by molar-refractivity contribution is 7.15. The number of alkyl halides is 3. The van der Waals surface area contributed by atoms with Gasteiger partial charge in [0.15, 0.2) is 0 Å². The highest BCUT2D eigenvalue weighted by Crippen LogP contribution is 2.38. The van der Waals surface area contributed by atoms with Gasteiger partial charge in [-0.05, 0) is 65.8 Å². The molecule has 1 aromatic carbocycles. The van der Waals surface area contributed by atoms with Gasteiger partial charge in [0.25, 0.3) is 0 Å². The van der Waals surface area contributed by atoms with Gasteiger partial charge in [0, 0.05) is 35.4 Å². The molecule has 0 saturated carbocycles. The van der Waals surface area contributed by atoms with E-state index in [1.165, 1.54) is 22.9 Å². The molecular weight excluding hydrogens is 509 g/mol. The smallest absolute Gasteiger partial charge is 0.380 e. The van der Waals surface area contributed by atoms with Crippen LogP contribution in [0.3, 0.4) is 0 Å². The summed E-state index contributed by atoms with van der Waals surface area (Å²) in [5.41, 5.74) is 2.46. The van der Waals surface area contributed by atoms with Crippen molar-refractivity contribution in [3.8, 4) is 10.6 Å². The molecule has 0 bridgehead atoms. The number of carbonyl (C=O) groups excluding carboxylic acids is 1. The van der Waals surface area contributed by atoms with Gasteiger partial charge >= 0.3 is 6.18 Å². The number of allylic oxidation sites excluding steroid dienone is 2. The maximum Gasteiger partial charge on any atom is 0.432 e. The van der Waals surface area contributed by atoms with Crippen molar-refractivity contribution >= 4 is 23.0 Å². The lowest BCUT2D eigenvalue weighted by Gasteiger charge is -2.31. The number of likely N-dealkylation sites (tertiary alicyclic amines) is 1. The van der Waals surface area contributed by atoms with Crippen LogP contribution in [0.2, 0.25) is 0 Å². The van der Waals surface area contributed by atoms with E-state index < -0.39 is 11.9 Å². The predicted octanol–water partition coefficient (Wildman–Crippen LogP) is 7.19. The van der Waals surface area contributed by atoms with E-state index in [-0.39, 0.29) is 29.0 Å². The van der Waals surface area contributed by atoms with Crippen molar-refractivity contribution in [2.75, 3.05) is 19.6 Å². The molecule has 2 N–H and O–H groups in total. The molecular formula is C29H39F3N4OS. The maximum absolute atomic E-state index is 12.6. The van der Waals surface area contributed by atoms with Crippen LogP contribution < -0.4 is 5.32 Å². The number of hydrogen-bond donors (Lipinski definition) is 2. The van der Waals surface area contributed by atoms with Gasteiger partial charge in [0.2, 0.25) is 5.91 Å². The van der Waals surface area contributed by atoms with Gasteiger partial charge in [-0.3, -0.25) is 10.2 Å². The number of hydrogen-bond acceptors (Lipinski definition) is 5. The lowest BCUT2D eigenvalue weighted by molar-refractivity contribution is -0.131. The first-order valence-corrected chi connectivity index (χ1v) is 13.7. The zero-order valence-corrected chi connectivity index (χ0v) is 24.2. The molecule has 2 heterocycles. The van der Waals surface area contributed by atoms with Crippen molar-refractivity contribution < 1.29 is 18.0 Å². The van der Waals surface area contributed by atoms with Crippen LogP contribution in [0, 0.1) is 5.41 Å². The van der Waals surface area contributed by atoms with Crippen LogP contribution in [0.4, 0.5) is 13.2 Å². The average molecular weight is 549 g/mol. The fraction of sp³-hybridized carbons (Fsp3) is 0.552. The van der Waals surface area contributed by atoms with E-state index in [9.17, 15) is 18.0 Å². The molecule has 38 heavy (non-hydrogen) atoms. The molecule has 1 aliphatic rings. The van der Waals surface area contributed by atoms with E-state index in [0.29, 0.717) is 25.1 Å². The second kappa shape index (κ2) is 11.2. The van der Waals surface area contributed by atoms with E-state index in [1.54, 1.807) is 16.2 Å². The Morgan fingerprint density at radius 2 is 1.63 bits per heavy atom. The fourth-order valence-corrected chi connectivity index (χ4v) is 5.39. The molecule has 1 aliphatic heterocycles. The van der Waals surface area contributed by atoms with Gasteiger partial charge in [0.1, 0.15) is 10.7 Å². The van der Waals surface area contributed by atoms with Crippen molar-refractivity contribution in [3.05, 3.63) is 52.2 Å². The van der Waals surface area contributed by atoms with Crippen LogP contribution in [0.1, 0.15) is 83.2 Å². The Labute approximate surface area is 228 Å². The van der Waals surface area contributed by atoms with E-state index in [2.05, 4.69) is 65.1 Å². The minimum absolute atomic E-state index is 0.0265. The first-order chi connectivity index (χ1) is 17.4. The molecule has 0 unspecified atom stereocenters. The third kappa shape index (κ3) is 7.68. The number of amides is 1. The van der Waals surface area contributed by atoms with Gasteiger partial charge < -0.3 is 10.2 Å². The zero-order valence-electron chi connectivity index (χ0n) is 23.3. The Kier molecular flexibility index (Phi) is 8.81. The average Bonchev–Trinajstić information content (AvgIpc) is 3.31. The number of rotatable bonds is 6. The zero-order chi connectivity index (χ0) is 28.5. The quantitative estimate of drug-likeness (QED) is 0.376. The topological polar surface area (TPSA) is 69.1 Å². The molecule has 1 aromatic heterocycles. The van der Waals surface area contributed by atoms with Gasteiger partial charge in [-0.2, -0.15) is 13.2 Å². The molecule has 0 aliphatic carbocycles. The Hall–Kier alpha value is -2.68. The second-order valence-electron chi connectivity index (χ2n) is 12.1. The van der Waals surface area contributed by atoms with Gasteiger partial charge in [-0.1, -0.05) is 47.6 Å². The SMILES string of the molecule is C/C(=C/C(=N)C(F)(F)F)NCC(=O)N1CCC(c2cnc(-c3cc(C(C)(C)C)cc(C(C)(C)C)c3)s2)CC1. The van der Waals surface area contributed by atoms with Crippen LogP contribution >= 0.6 is 11.3 Å². The van der Waals surface area contributed by atoms with E-state index in [4.69, 9.17) is 10.4 Å². The summed E-state index contributed by atoms with van der Waals surface area (Å²) in [4.78, 5) is 20.3. The summed E-state index contributed by atoms with van der Waals surface area (Å²) in [7, 11) is 0. The van der Waals surface area contributed by atoms with Gasteiger partial charge in [-0.25, -0.2) is 4.98 Å². The molecule has 1 fully saturated rings. The lowest BCUT2D eigenvalue weighted by atomic mass is 9.79. The van der Waals surface area contributed by atoms with Crippen molar-refractivity contribution in [1.82, 2.24) is 15.2 Å². The minimum atomic E-state index is -4.70. The highest BCUT2D eigenvalue weighted by Gasteiger charge is 2.33. The summed E-state index contributed by atoms with van der Waals surface area (Å²) in [6, 6.07) is 6.80. The molecule has 2 aromatic rings. The largest absolute Gasteiger partial charge is 0.432 e. The summed E-state index contributed by atoms with van der Waals surface area (Å²) in [5.74, 6) is 0.161. The second-order valence-corrected chi connectivity index (χ2v) is 13.2. The van der Waals surface area contributed by atoms with Crippen LogP contribution in [0.15, 0.2) is 36.2 Å². The van der Waals surface area contributed by atoms with Crippen LogP contribution in [0.5, 0.6) is 0 Å². The van der Waals surface area contributed by atoms with Gasteiger partial charge in [0.05, 0.1) is 6.54 Å². The third-order valence-corrected chi connectivity index (χ3v) is 8.08. The monoisotopic (exact) mass is 548 g/mol. The molecule has 3 rings (SSSR count). The van der Waals surface area contributed by atoms with Crippen LogP contribution in [0.25, 0.3) is 10.6 Å². The van der Waals surface area contributed by atoms with Crippen molar-refractivity contribution in [2.24, 2.45) is 0 Å². The number of nitrogens with zero attached hydrogens (tertiary/aromatic N) is 2. The van der Waals surface area contributed by atoms with E-state index in [0.717, 1.165) is 23.4 Å². The number of aromatic nitrogens is 1. The van der Waals surface area contributed by atoms with Crippen LogP contribution in [-0.2, 0) is 15.6 Å². The number of halogens is 3. The summed E-state index contributed by atoms with van der Waals surface area (Å²) < 4.78 is 37.6.